The molecule has 0 aliphatic rings. The van der Waals surface area contributed by atoms with Crippen molar-refractivity contribution in [3.05, 3.63) is 45.0 Å². The third kappa shape index (κ3) is 3.49. The Hall–Kier alpha value is -1.59. The van der Waals surface area contributed by atoms with E-state index in [9.17, 15) is 9.90 Å². The number of rotatable bonds is 5. The van der Waals surface area contributed by atoms with Crippen LogP contribution in [0.1, 0.15) is 44.8 Å². The third-order valence-electron chi connectivity index (χ3n) is 3.10. The van der Waals surface area contributed by atoms with Crippen LogP contribution in [0.4, 0.5) is 0 Å². The van der Waals surface area contributed by atoms with Gasteiger partial charge in [-0.05, 0) is 50.3 Å². The Labute approximate surface area is 122 Å². The zero-order valence-corrected chi connectivity index (χ0v) is 12.7. The topological polar surface area (TPSA) is 62.5 Å². The lowest BCUT2D eigenvalue weighted by molar-refractivity contribution is 0.0946. The van der Waals surface area contributed by atoms with Crippen LogP contribution >= 0.6 is 11.3 Å². The van der Waals surface area contributed by atoms with Gasteiger partial charge in [0, 0.05) is 12.1 Å². The molecule has 4 nitrogen and oxygen atoms in total. The fourth-order valence-electron chi connectivity index (χ4n) is 2.10. The molecule has 1 unspecified atom stereocenters. The highest BCUT2D eigenvalue weighted by molar-refractivity contribution is 7.12. The number of nitrogens with one attached hydrogen (secondary N) is 1. The lowest BCUT2D eigenvalue weighted by atomic mass is 10.1. The average Bonchev–Trinajstić information content (AvgIpc) is 2.95. The van der Waals surface area contributed by atoms with Crippen molar-refractivity contribution in [2.24, 2.45) is 0 Å². The highest BCUT2D eigenvalue weighted by atomic mass is 32.1. The first-order chi connectivity index (χ1) is 9.47. The van der Waals surface area contributed by atoms with E-state index in [0.717, 1.165) is 22.6 Å². The quantitative estimate of drug-likeness (QED) is 0.890. The minimum Gasteiger partial charge on any atom is -0.466 e. The summed E-state index contributed by atoms with van der Waals surface area (Å²) < 4.78 is 5.39. The predicted octanol–water partition coefficient (Wildman–Crippen LogP) is 3.12. The summed E-state index contributed by atoms with van der Waals surface area (Å²) in [7, 11) is 0. The second-order valence-corrected chi connectivity index (χ2v) is 5.83. The second-order valence-electron chi connectivity index (χ2n) is 4.92. The van der Waals surface area contributed by atoms with Gasteiger partial charge in [0.1, 0.15) is 11.5 Å². The Kier molecular flexibility index (Phi) is 4.62. The van der Waals surface area contributed by atoms with E-state index in [4.69, 9.17) is 4.42 Å². The molecule has 0 fully saturated rings. The van der Waals surface area contributed by atoms with E-state index >= 15 is 0 Å². The standard InChI is InChI=1S/C15H19NO3S/c1-9-6-14(20-8-9)15(18)16-5-4-13(17)12-7-10(2)19-11(12)3/h6-8,13,17H,4-5H2,1-3H3,(H,16,18). The van der Waals surface area contributed by atoms with Crippen LogP contribution in [0.15, 0.2) is 21.9 Å². The lowest BCUT2D eigenvalue weighted by Crippen LogP contribution is -2.24. The highest BCUT2D eigenvalue weighted by Gasteiger charge is 2.15. The number of aliphatic hydroxyl groups excluding tert-OH is 1. The highest BCUT2D eigenvalue weighted by Crippen LogP contribution is 2.23. The van der Waals surface area contributed by atoms with Gasteiger partial charge >= 0.3 is 0 Å². The fraction of sp³-hybridized carbons (Fsp3) is 0.400. The Balaban J connectivity index is 1.84. The van der Waals surface area contributed by atoms with Crippen LogP contribution in [-0.2, 0) is 0 Å². The zero-order valence-electron chi connectivity index (χ0n) is 11.9. The van der Waals surface area contributed by atoms with Gasteiger partial charge in [0.05, 0.1) is 11.0 Å². The van der Waals surface area contributed by atoms with Crippen molar-refractivity contribution in [1.29, 1.82) is 0 Å². The van der Waals surface area contributed by atoms with E-state index < -0.39 is 6.10 Å². The number of furan rings is 1. The fourth-order valence-corrected chi connectivity index (χ4v) is 2.91. The predicted molar refractivity (Wildman–Crippen MR) is 79.1 cm³/mol. The molecular weight excluding hydrogens is 274 g/mol. The van der Waals surface area contributed by atoms with Crippen molar-refractivity contribution >= 4 is 17.2 Å². The molecule has 0 bridgehead atoms. The number of aliphatic hydroxyl groups is 1. The van der Waals surface area contributed by atoms with E-state index in [1.54, 1.807) is 0 Å². The molecule has 0 aliphatic heterocycles. The van der Waals surface area contributed by atoms with E-state index in [2.05, 4.69) is 5.32 Å². The molecule has 0 aliphatic carbocycles. The lowest BCUT2D eigenvalue weighted by Gasteiger charge is -2.10. The Morgan fingerprint density at radius 2 is 2.15 bits per heavy atom. The summed E-state index contributed by atoms with van der Waals surface area (Å²) in [4.78, 5) is 12.5. The van der Waals surface area contributed by atoms with Crippen LogP contribution in [-0.4, -0.2) is 17.6 Å². The molecular formula is C15H19NO3S. The number of hydrogen-bond acceptors (Lipinski definition) is 4. The molecule has 0 spiro atoms. The summed E-state index contributed by atoms with van der Waals surface area (Å²) in [6.45, 7) is 6.07. The summed E-state index contributed by atoms with van der Waals surface area (Å²) in [6.07, 6.45) is -0.145. The maximum Gasteiger partial charge on any atom is 0.261 e. The SMILES string of the molecule is Cc1csc(C(=O)NCCC(O)c2cc(C)oc2C)c1. The summed E-state index contributed by atoms with van der Waals surface area (Å²) in [5, 5.41) is 14.9. The summed E-state index contributed by atoms with van der Waals surface area (Å²) in [5.74, 6) is 1.43. The number of carbonyl (C=O) groups is 1. The normalized spacial score (nSPS) is 12.4. The number of thiophene rings is 1. The van der Waals surface area contributed by atoms with E-state index in [0.29, 0.717) is 17.8 Å². The number of hydrogen-bond donors (Lipinski definition) is 2. The number of carbonyl (C=O) groups excluding carboxylic acids is 1. The first kappa shape index (κ1) is 14.8. The van der Waals surface area contributed by atoms with Gasteiger partial charge in [0.2, 0.25) is 0 Å². The summed E-state index contributed by atoms with van der Waals surface area (Å²) in [5.41, 5.74) is 1.88. The molecule has 2 aromatic heterocycles. The maximum absolute atomic E-state index is 11.8. The second kappa shape index (κ2) is 6.24. The van der Waals surface area contributed by atoms with Crippen molar-refractivity contribution in [2.45, 2.75) is 33.3 Å². The van der Waals surface area contributed by atoms with Gasteiger partial charge < -0.3 is 14.8 Å². The van der Waals surface area contributed by atoms with Crippen molar-refractivity contribution in [2.75, 3.05) is 6.54 Å². The van der Waals surface area contributed by atoms with Crippen LogP contribution < -0.4 is 5.32 Å². The first-order valence-corrected chi connectivity index (χ1v) is 7.43. The van der Waals surface area contributed by atoms with Gasteiger partial charge in [-0.3, -0.25) is 4.79 Å². The number of amides is 1. The first-order valence-electron chi connectivity index (χ1n) is 6.55. The van der Waals surface area contributed by atoms with Gasteiger partial charge in [-0.2, -0.15) is 0 Å². The largest absolute Gasteiger partial charge is 0.466 e. The molecule has 2 heterocycles. The molecule has 1 amide bonds. The van der Waals surface area contributed by atoms with Crippen molar-refractivity contribution in [1.82, 2.24) is 5.32 Å². The zero-order chi connectivity index (χ0) is 14.7. The minimum absolute atomic E-state index is 0.0876. The Morgan fingerprint density at radius 3 is 2.70 bits per heavy atom. The molecule has 108 valence electrons. The van der Waals surface area contributed by atoms with E-state index in [-0.39, 0.29) is 5.91 Å². The number of aryl methyl sites for hydroxylation is 3. The maximum atomic E-state index is 11.8. The van der Waals surface area contributed by atoms with Gasteiger partial charge in [0.25, 0.3) is 5.91 Å². The molecule has 5 heteroatoms. The van der Waals surface area contributed by atoms with Gasteiger partial charge in [-0.1, -0.05) is 0 Å². The van der Waals surface area contributed by atoms with Gasteiger partial charge in [-0.25, -0.2) is 0 Å². The molecule has 0 saturated heterocycles. The van der Waals surface area contributed by atoms with Crippen LogP contribution in [0.3, 0.4) is 0 Å². The third-order valence-corrected chi connectivity index (χ3v) is 4.14. The molecule has 2 rings (SSSR count). The van der Waals surface area contributed by atoms with Crippen LogP contribution in [0, 0.1) is 20.8 Å². The van der Waals surface area contributed by atoms with Crippen LogP contribution in [0.2, 0.25) is 0 Å². The Morgan fingerprint density at radius 1 is 1.40 bits per heavy atom. The molecule has 20 heavy (non-hydrogen) atoms. The molecule has 0 aromatic carbocycles. The smallest absolute Gasteiger partial charge is 0.261 e. The molecule has 1 atom stereocenters. The van der Waals surface area contributed by atoms with E-state index in [1.807, 2.05) is 38.3 Å². The van der Waals surface area contributed by atoms with Crippen molar-refractivity contribution in [3.8, 4) is 0 Å². The van der Waals surface area contributed by atoms with Crippen LogP contribution in [0.5, 0.6) is 0 Å². The molecule has 0 radical (unpaired) electrons. The average molecular weight is 293 g/mol. The van der Waals surface area contributed by atoms with Gasteiger partial charge in [-0.15, -0.1) is 11.3 Å². The monoisotopic (exact) mass is 293 g/mol. The van der Waals surface area contributed by atoms with E-state index in [1.165, 1.54) is 11.3 Å². The molecule has 2 N–H and O–H groups in total. The summed E-state index contributed by atoms with van der Waals surface area (Å²) in [6, 6.07) is 3.70. The van der Waals surface area contributed by atoms with Crippen molar-refractivity contribution in [3.63, 3.8) is 0 Å². The summed E-state index contributed by atoms with van der Waals surface area (Å²) >= 11 is 1.43. The Bertz CT molecular complexity index is 600. The molecule has 2 aromatic rings. The molecule has 0 saturated carbocycles. The van der Waals surface area contributed by atoms with Crippen LogP contribution in [0.25, 0.3) is 0 Å². The van der Waals surface area contributed by atoms with Gasteiger partial charge in [0.15, 0.2) is 0 Å². The minimum atomic E-state index is -0.613. The van der Waals surface area contributed by atoms with Crippen molar-refractivity contribution < 1.29 is 14.3 Å².